The monoisotopic (exact) mass is 696 g/mol. The number of hydrogen-bond acceptors (Lipinski definition) is 10. The van der Waals surface area contributed by atoms with E-state index < -0.39 is 29.2 Å². The number of benzene rings is 2. The van der Waals surface area contributed by atoms with Gasteiger partial charge in [-0.25, -0.2) is 19.0 Å². The van der Waals surface area contributed by atoms with Gasteiger partial charge in [0.25, 0.3) is 0 Å². The van der Waals surface area contributed by atoms with Gasteiger partial charge in [0.1, 0.15) is 39.7 Å². The molecule has 5 heterocycles. The minimum Gasteiger partial charge on any atom is -0.472 e. The summed E-state index contributed by atoms with van der Waals surface area (Å²) >= 11 is 0. The molecule has 266 valence electrons. The van der Waals surface area contributed by atoms with E-state index in [1.807, 2.05) is 38.7 Å². The van der Waals surface area contributed by atoms with Crippen LogP contribution in [-0.2, 0) is 9.47 Å². The maximum Gasteiger partial charge on any atom is 0.412 e. The fraction of sp³-hybridized carbons (Fsp3) is 0.447. The predicted octanol–water partition coefficient (Wildman–Crippen LogP) is 7.06. The van der Waals surface area contributed by atoms with E-state index in [0.717, 1.165) is 12.8 Å². The summed E-state index contributed by atoms with van der Waals surface area (Å²) in [6.07, 6.45) is 5.87. The Kier molecular flexibility index (Phi) is 8.12. The Morgan fingerprint density at radius 2 is 1.78 bits per heavy atom. The fourth-order valence-corrected chi connectivity index (χ4v) is 7.52. The van der Waals surface area contributed by atoms with Crippen LogP contribution in [0, 0.1) is 18.2 Å². The second kappa shape index (κ2) is 12.1. The van der Waals surface area contributed by atoms with Crippen molar-refractivity contribution >= 4 is 45.4 Å². The summed E-state index contributed by atoms with van der Waals surface area (Å²) in [4.78, 5) is 44.3. The zero-order chi connectivity index (χ0) is 36.6. The maximum absolute atomic E-state index is 17.2. The van der Waals surface area contributed by atoms with Crippen LogP contribution >= 0.6 is 0 Å². The van der Waals surface area contributed by atoms with E-state index in [-0.39, 0.29) is 47.3 Å². The first-order valence-electron chi connectivity index (χ1n) is 17.0. The van der Waals surface area contributed by atoms with Crippen molar-refractivity contribution in [2.45, 2.75) is 96.7 Å². The molecule has 1 N–H and O–H groups in total. The minimum atomic E-state index is -0.747. The highest BCUT2D eigenvalue weighted by atomic mass is 19.1. The van der Waals surface area contributed by atoms with E-state index in [1.54, 1.807) is 45.0 Å². The number of nitrogens with zero attached hydrogens (tertiary/aromatic N) is 5. The molecule has 0 radical (unpaired) electrons. The van der Waals surface area contributed by atoms with E-state index in [1.165, 1.54) is 7.11 Å². The third-order valence-corrected chi connectivity index (χ3v) is 9.29. The number of pyridine rings is 1. The van der Waals surface area contributed by atoms with Crippen molar-refractivity contribution in [1.82, 2.24) is 19.9 Å². The second-order valence-corrected chi connectivity index (χ2v) is 15.2. The van der Waals surface area contributed by atoms with E-state index in [2.05, 4.69) is 21.1 Å². The summed E-state index contributed by atoms with van der Waals surface area (Å²) in [5, 5.41) is 4.26. The quantitative estimate of drug-likeness (QED) is 0.223. The molecule has 0 unspecified atom stereocenters. The smallest absolute Gasteiger partial charge is 0.412 e. The van der Waals surface area contributed by atoms with Gasteiger partial charge in [0.2, 0.25) is 5.88 Å². The molecule has 2 saturated heterocycles. The second-order valence-electron chi connectivity index (χ2n) is 15.2. The molecule has 0 aliphatic carbocycles. The van der Waals surface area contributed by atoms with E-state index >= 15 is 4.39 Å². The SMILES string of the molecule is C#Cc1cccc2cc(NC(=O)OC(C)(C)C)cc(-c3nc4c5c(nc(OC)nc5c3F)N3C[C@H]5CC[C@@H]([C@H]3[C@H](C)O4)N5C(=O)OC(C)(C)C)c12. The van der Waals surface area contributed by atoms with E-state index in [9.17, 15) is 9.59 Å². The van der Waals surface area contributed by atoms with Crippen molar-refractivity contribution in [3.8, 4) is 35.5 Å². The molecule has 51 heavy (non-hydrogen) atoms. The van der Waals surface area contributed by atoms with Gasteiger partial charge in [-0.1, -0.05) is 18.1 Å². The maximum atomic E-state index is 17.2. The van der Waals surface area contributed by atoms with Gasteiger partial charge in [-0.2, -0.15) is 9.97 Å². The molecule has 4 atom stereocenters. The molecule has 3 aliphatic rings. The van der Waals surface area contributed by atoms with Gasteiger partial charge >= 0.3 is 18.2 Å². The molecule has 0 spiro atoms. The summed E-state index contributed by atoms with van der Waals surface area (Å²) in [7, 11) is 1.42. The first-order valence-corrected chi connectivity index (χ1v) is 17.0. The molecule has 12 nitrogen and oxygen atoms in total. The molecule has 2 aromatic carbocycles. The van der Waals surface area contributed by atoms with Crippen molar-refractivity contribution in [2.75, 3.05) is 23.9 Å². The number of anilines is 2. The van der Waals surface area contributed by atoms with Crippen LogP contribution in [0.5, 0.6) is 11.9 Å². The summed E-state index contributed by atoms with van der Waals surface area (Å²) in [5.41, 5.74) is -0.382. The number of amides is 2. The molecule has 4 aromatic rings. The summed E-state index contributed by atoms with van der Waals surface area (Å²) < 4.78 is 40.7. The molecule has 2 amide bonds. The van der Waals surface area contributed by atoms with Gasteiger partial charge in [-0.05, 0) is 84.9 Å². The Morgan fingerprint density at radius 1 is 1.04 bits per heavy atom. The summed E-state index contributed by atoms with van der Waals surface area (Å²) in [6.45, 7) is 13.2. The number of ether oxygens (including phenoxy) is 4. The van der Waals surface area contributed by atoms with Gasteiger partial charge in [0.15, 0.2) is 5.82 Å². The van der Waals surface area contributed by atoms with Crippen LogP contribution < -0.4 is 19.7 Å². The fourth-order valence-electron chi connectivity index (χ4n) is 7.52. The molecule has 7 rings (SSSR count). The number of terminal acetylenes is 1. The Bertz CT molecular complexity index is 2140. The van der Waals surface area contributed by atoms with Gasteiger partial charge in [-0.3, -0.25) is 10.2 Å². The predicted molar refractivity (Wildman–Crippen MR) is 191 cm³/mol. The van der Waals surface area contributed by atoms with Gasteiger partial charge in [0.05, 0.1) is 25.2 Å². The van der Waals surface area contributed by atoms with Crippen LogP contribution in [0.4, 0.5) is 25.5 Å². The van der Waals surface area contributed by atoms with E-state index in [0.29, 0.717) is 45.3 Å². The lowest BCUT2D eigenvalue weighted by atomic mass is 9.95. The largest absolute Gasteiger partial charge is 0.472 e. The lowest BCUT2D eigenvalue weighted by Crippen LogP contribution is -2.65. The normalized spacial score (nSPS) is 21.0. The number of aromatic nitrogens is 3. The van der Waals surface area contributed by atoms with Crippen molar-refractivity contribution in [3.63, 3.8) is 0 Å². The highest BCUT2D eigenvalue weighted by Crippen LogP contribution is 2.47. The molecule has 13 heteroatoms. The van der Waals surface area contributed by atoms with Crippen LogP contribution in [0.25, 0.3) is 32.9 Å². The number of hydrogen-bond donors (Lipinski definition) is 1. The zero-order valence-electron chi connectivity index (χ0n) is 30.0. The van der Waals surface area contributed by atoms with Crippen LogP contribution in [0.3, 0.4) is 0 Å². The summed E-state index contributed by atoms with van der Waals surface area (Å²) in [6, 6.07) is 7.89. The average molecular weight is 697 g/mol. The average Bonchev–Trinajstić information content (AvgIpc) is 3.29. The summed E-state index contributed by atoms with van der Waals surface area (Å²) in [5.74, 6) is 2.49. The first-order chi connectivity index (χ1) is 24.1. The highest BCUT2D eigenvalue weighted by molar-refractivity contribution is 6.06. The van der Waals surface area contributed by atoms with Crippen molar-refractivity contribution in [2.24, 2.45) is 0 Å². The Hall–Kier alpha value is -5.38. The number of nitrogens with one attached hydrogen (secondary N) is 1. The third-order valence-electron chi connectivity index (χ3n) is 9.29. The lowest BCUT2D eigenvalue weighted by Gasteiger charge is -2.48. The number of piperazine rings is 1. The lowest BCUT2D eigenvalue weighted by molar-refractivity contribution is 0.000924. The highest BCUT2D eigenvalue weighted by Gasteiger charge is 2.54. The molecule has 2 bridgehead atoms. The van der Waals surface area contributed by atoms with Crippen LogP contribution in [0.1, 0.15) is 66.9 Å². The van der Waals surface area contributed by atoms with Crippen LogP contribution in [0.2, 0.25) is 0 Å². The van der Waals surface area contributed by atoms with Crippen LogP contribution in [-0.4, -0.2) is 81.1 Å². The molecule has 3 aliphatic heterocycles. The van der Waals surface area contributed by atoms with Crippen molar-refractivity contribution in [3.05, 3.63) is 41.7 Å². The van der Waals surface area contributed by atoms with Gasteiger partial charge < -0.3 is 23.8 Å². The number of carbonyl (C=O) groups is 2. The number of carbonyl (C=O) groups excluding carboxylic acids is 2. The number of halogens is 1. The Morgan fingerprint density at radius 3 is 2.47 bits per heavy atom. The topological polar surface area (TPSA) is 128 Å². The van der Waals surface area contributed by atoms with Crippen molar-refractivity contribution in [1.29, 1.82) is 0 Å². The molecule has 2 fully saturated rings. The molecule has 0 saturated carbocycles. The number of methoxy groups -OCH3 is 1. The number of rotatable bonds is 3. The minimum absolute atomic E-state index is 0.0377. The number of fused-ring (bicyclic) bond motifs is 6. The Labute approximate surface area is 295 Å². The molecular formula is C38H41FN6O6. The van der Waals surface area contributed by atoms with Crippen molar-refractivity contribution < 1.29 is 32.9 Å². The third kappa shape index (κ3) is 6.06. The van der Waals surface area contributed by atoms with E-state index in [4.69, 9.17) is 35.3 Å². The zero-order valence-corrected chi connectivity index (χ0v) is 30.0. The van der Waals surface area contributed by atoms with Gasteiger partial charge in [0, 0.05) is 28.7 Å². The molecular weight excluding hydrogens is 655 g/mol. The standard InChI is InChI=1S/C38H41FN6O6/c1-10-20-12-11-13-21-16-22(40-35(46)50-37(3,4)5)17-24(26(20)21)29-28(39)30-27-32(43-34(42-30)48-9)44-18-23-14-15-25(31(44)19(2)49-33(27)41-29)45(23)36(47)51-38(6,7)8/h1,11-13,16-17,19,23,25,31H,14-15,18H2,2-9H3,(H,40,46)/t19-,23+,25-,31+/m0/s1. The first kappa shape index (κ1) is 34.1. The van der Waals surface area contributed by atoms with Crippen LogP contribution in [0.15, 0.2) is 30.3 Å². The van der Waals surface area contributed by atoms with Gasteiger partial charge in [-0.15, -0.1) is 6.42 Å². The Balaban J connectivity index is 1.41. The molecule has 2 aromatic heterocycles.